The van der Waals surface area contributed by atoms with Crippen LogP contribution in [0.25, 0.3) is 0 Å². The van der Waals surface area contributed by atoms with Crippen LogP contribution in [0.15, 0.2) is 12.1 Å². The van der Waals surface area contributed by atoms with Crippen molar-refractivity contribution in [3.63, 3.8) is 0 Å². The smallest absolute Gasteiger partial charge is 0.162 e. The number of ether oxygens (including phenoxy) is 2. The van der Waals surface area contributed by atoms with Gasteiger partial charge in [0.05, 0.1) is 20.8 Å². The van der Waals surface area contributed by atoms with E-state index in [-0.39, 0.29) is 0 Å². The first kappa shape index (κ1) is 12.1. The van der Waals surface area contributed by atoms with E-state index in [1.165, 1.54) is 0 Å². The average molecular weight is 232 g/mol. The predicted molar refractivity (Wildman–Crippen MR) is 58.4 cm³/mol. The summed E-state index contributed by atoms with van der Waals surface area (Å²) >= 11 is 6.04. The van der Waals surface area contributed by atoms with Crippen LogP contribution in [-0.4, -0.2) is 20.8 Å². The summed E-state index contributed by atoms with van der Waals surface area (Å²) in [7, 11) is 3.14. The SMILES string of the molecule is COc1cc(Cl)c(CCON)cc1OC. The van der Waals surface area contributed by atoms with Gasteiger partial charge >= 0.3 is 0 Å². The third-order valence-corrected chi connectivity index (χ3v) is 2.39. The lowest BCUT2D eigenvalue weighted by molar-refractivity contribution is 0.141. The highest BCUT2D eigenvalue weighted by Gasteiger charge is 2.09. The quantitative estimate of drug-likeness (QED) is 0.785. The van der Waals surface area contributed by atoms with Gasteiger partial charge in [0.1, 0.15) is 0 Å². The number of methoxy groups -OCH3 is 2. The Bertz CT molecular complexity index is 331. The molecule has 0 aliphatic rings. The molecule has 1 aromatic carbocycles. The number of hydrogen-bond acceptors (Lipinski definition) is 4. The molecule has 0 radical (unpaired) electrons. The molecule has 1 aromatic rings. The molecular formula is C10H14ClNO3. The van der Waals surface area contributed by atoms with Crippen molar-refractivity contribution in [2.24, 2.45) is 5.90 Å². The average Bonchev–Trinajstić information content (AvgIpc) is 2.27. The topological polar surface area (TPSA) is 53.7 Å². The molecule has 1 rings (SSSR count). The second-order valence-corrected chi connectivity index (χ2v) is 3.33. The van der Waals surface area contributed by atoms with Gasteiger partial charge < -0.3 is 14.3 Å². The summed E-state index contributed by atoms with van der Waals surface area (Å²) in [4.78, 5) is 4.50. The molecule has 0 heterocycles. The van der Waals surface area contributed by atoms with Gasteiger partial charge in [0.25, 0.3) is 0 Å². The zero-order valence-electron chi connectivity index (χ0n) is 8.75. The zero-order chi connectivity index (χ0) is 11.3. The van der Waals surface area contributed by atoms with Crippen LogP contribution in [0.3, 0.4) is 0 Å². The summed E-state index contributed by atoms with van der Waals surface area (Å²) in [5.41, 5.74) is 0.916. The van der Waals surface area contributed by atoms with Gasteiger partial charge in [-0.1, -0.05) is 11.6 Å². The maximum atomic E-state index is 6.04. The largest absolute Gasteiger partial charge is 0.493 e. The molecule has 0 saturated carbocycles. The highest BCUT2D eigenvalue weighted by molar-refractivity contribution is 6.31. The van der Waals surface area contributed by atoms with Gasteiger partial charge in [-0.2, -0.15) is 0 Å². The Hall–Kier alpha value is -0.970. The van der Waals surface area contributed by atoms with Crippen LogP contribution < -0.4 is 15.4 Å². The van der Waals surface area contributed by atoms with Crippen molar-refractivity contribution in [1.29, 1.82) is 0 Å². The molecule has 0 aliphatic heterocycles. The molecule has 0 saturated heterocycles. The fourth-order valence-electron chi connectivity index (χ4n) is 1.26. The minimum atomic E-state index is 0.412. The van der Waals surface area contributed by atoms with Gasteiger partial charge in [0, 0.05) is 11.1 Å². The van der Waals surface area contributed by atoms with Crippen LogP contribution in [0.1, 0.15) is 5.56 Å². The maximum Gasteiger partial charge on any atom is 0.162 e. The molecule has 0 spiro atoms. The van der Waals surface area contributed by atoms with Crippen molar-refractivity contribution in [3.05, 3.63) is 22.7 Å². The number of nitrogens with two attached hydrogens (primary N) is 1. The lowest BCUT2D eigenvalue weighted by Crippen LogP contribution is -2.04. The molecule has 15 heavy (non-hydrogen) atoms. The van der Waals surface area contributed by atoms with Crippen molar-refractivity contribution in [3.8, 4) is 11.5 Å². The molecule has 0 fully saturated rings. The summed E-state index contributed by atoms with van der Waals surface area (Å²) < 4.78 is 10.3. The highest BCUT2D eigenvalue weighted by Crippen LogP contribution is 2.33. The van der Waals surface area contributed by atoms with E-state index in [2.05, 4.69) is 4.84 Å². The molecule has 0 aromatic heterocycles. The van der Waals surface area contributed by atoms with E-state index in [1.54, 1.807) is 20.3 Å². The molecule has 0 atom stereocenters. The summed E-state index contributed by atoms with van der Waals surface area (Å²) in [6.45, 7) is 0.412. The number of rotatable bonds is 5. The molecule has 0 bridgehead atoms. The fraction of sp³-hybridized carbons (Fsp3) is 0.400. The molecular weight excluding hydrogens is 218 g/mol. The van der Waals surface area contributed by atoms with Gasteiger partial charge in [-0.25, -0.2) is 5.90 Å². The predicted octanol–water partition coefficient (Wildman–Crippen LogP) is 1.79. The molecule has 2 N–H and O–H groups in total. The lowest BCUT2D eigenvalue weighted by atomic mass is 10.1. The van der Waals surface area contributed by atoms with Crippen LogP contribution in [0.4, 0.5) is 0 Å². The molecule has 0 aliphatic carbocycles. The highest BCUT2D eigenvalue weighted by atomic mass is 35.5. The van der Waals surface area contributed by atoms with E-state index in [4.69, 9.17) is 27.0 Å². The van der Waals surface area contributed by atoms with E-state index in [9.17, 15) is 0 Å². The maximum absolute atomic E-state index is 6.04. The lowest BCUT2D eigenvalue weighted by Gasteiger charge is -2.11. The van der Waals surface area contributed by atoms with Gasteiger partial charge in [-0.3, -0.25) is 0 Å². The first-order valence-electron chi connectivity index (χ1n) is 4.45. The Labute approximate surface area is 93.8 Å². The van der Waals surface area contributed by atoms with Crippen LogP contribution in [-0.2, 0) is 11.3 Å². The second-order valence-electron chi connectivity index (χ2n) is 2.92. The Morgan fingerprint density at radius 1 is 1.20 bits per heavy atom. The van der Waals surface area contributed by atoms with E-state index in [0.717, 1.165) is 5.56 Å². The Morgan fingerprint density at radius 2 is 1.80 bits per heavy atom. The minimum Gasteiger partial charge on any atom is -0.493 e. The van der Waals surface area contributed by atoms with Crippen molar-refractivity contribution in [2.75, 3.05) is 20.8 Å². The third kappa shape index (κ3) is 2.99. The van der Waals surface area contributed by atoms with E-state index in [0.29, 0.717) is 29.5 Å². The Kier molecular flexibility index (Phi) is 4.68. The first-order valence-corrected chi connectivity index (χ1v) is 4.82. The molecule has 5 heteroatoms. The number of halogens is 1. The summed E-state index contributed by atoms with van der Waals surface area (Å²) in [5.74, 6) is 6.21. The van der Waals surface area contributed by atoms with Gasteiger partial charge in [-0.05, 0) is 18.1 Å². The standard InChI is InChI=1S/C10H14ClNO3/c1-13-9-5-7(3-4-15-12)8(11)6-10(9)14-2/h5-6H,3-4,12H2,1-2H3. The molecule has 0 amide bonds. The third-order valence-electron chi connectivity index (χ3n) is 2.04. The normalized spacial score (nSPS) is 10.1. The zero-order valence-corrected chi connectivity index (χ0v) is 9.50. The first-order chi connectivity index (χ1) is 7.22. The minimum absolute atomic E-state index is 0.412. The van der Waals surface area contributed by atoms with Crippen LogP contribution >= 0.6 is 11.6 Å². The van der Waals surface area contributed by atoms with Crippen molar-refractivity contribution >= 4 is 11.6 Å². The van der Waals surface area contributed by atoms with Gasteiger partial charge in [0.2, 0.25) is 0 Å². The van der Waals surface area contributed by atoms with Gasteiger partial charge in [-0.15, -0.1) is 0 Å². The van der Waals surface area contributed by atoms with Crippen LogP contribution in [0.5, 0.6) is 11.5 Å². The van der Waals surface area contributed by atoms with E-state index >= 15 is 0 Å². The van der Waals surface area contributed by atoms with Crippen molar-refractivity contribution in [2.45, 2.75) is 6.42 Å². The summed E-state index contributed by atoms with van der Waals surface area (Å²) in [6.07, 6.45) is 0.635. The Morgan fingerprint density at radius 3 is 2.33 bits per heavy atom. The van der Waals surface area contributed by atoms with E-state index in [1.807, 2.05) is 6.07 Å². The summed E-state index contributed by atoms with van der Waals surface area (Å²) in [5, 5.41) is 0.615. The second kappa shape index (κ2) is 5.80. The van der Waals surface area contributed by atoms with Crippen LogP contribution in [0.2, 0.25) is 5.02 Å². The molecule has 4 nitrogen and oxygen atoms in total. The van der Waals surface area contributed by atoms with E-state index < -0.39 is 0 Å². The molecule has 0 unspecified atom stereocenters. The Balaban J connectivity index is 2.97. The fourth-order valence-corrected chi connectivity index (χ4v) is 1.50. The van der Waals surface area contributed by atoms with Crippen molar-refractivity contribution in [1.82, 2.24) is 0 Å². The van der Waals surface area contributed by atoms with Crippen molar-refractivity contribution < 1.29 is 14.3 Å². The molecule has 84 valence electrons. The monoisotopic (exact) mass is 231 g/mol. The van der Waals surface area contributed by atoms with Gasteiger partial charge in [0.15, 0.2) is 11.5 Å². The number of hydrogen-bond donors (Lipinski definition) is 1. The van der Waals surface area contributed by atoms with Crippen LogP contribution in [0, 0.1) is 0 Å². The summed E-state index contributed by atoms with van der Waals surface area (Å²) in [6, 6.07) is 3.53. The number of benzene rings is 1.